The normalized spacial score (nSPS) is 14.6. The number of amides is 2. The van der Waals surface area contributed by atoms with Crippen molar-refractivity contribution in [2.45, 2.75) is 25.2 Å². The molecule has 13 heteroatoms. The van der Waals surface area contributed by atoms with Gasteiger partial charge in [-0.15, -0.1) is 0 Å². The Morgan fingerprint density at radius 3 is 2.75 bits per heavy atom. The van der Waals surface area contributed by atoms with Crippen LogP contribution in [0.4, 0.5) is 28.0 Å². The fraction of sp³-hybridized carbons (Fsp3) is 0.148. The number of hydrogen-bond donors (Lipinski definition) is 1. The summed E-state index contributed by atoms with van der Waals surface area (Å²) in [7, 11) is 0. The molecule has 3 heterocycles. The lowest BCUT2D eigenvalue weighted by molar-refractivity contribution is -0.201. The molecule has 2 aromatic heterocycles. The van der Waals surface area contributed by atoms with Crippen molar-refractivity contribution in [3.63, 3.8) is 0 Å². The minimum Gasteiger partial charge on any atom is -0.454 e. The number of imidazole rings is 1. The molecule has 4 aromatic rings. The number of hydrogen-bond acceptors (Lipinski definition) is 6. The SMILES string of the molecule is O=C(Nc1ccc(COC(=O)C(F)(F)F)c(C#Cc2cnc3cccnn23)c1)N1N=CC[C@H]1c1cccc(F)c1. The Hall–Kier alpha value is -5.25. The minimum absolute atomic E-state index is 0.168. The van der Waals surface area contributed by atoms with Gasteiger partial charge in [-0.05, 0) is 47.9 Å². The molecule has 0 spiro atoms. The highest BCUT2D eigenvalue weighted by Gasteiger charge is 2.41. The molecule has 0 aliphatic carbocycles. The molecule has 1 aliphatic rings. The number of carbonyl (C=O) groups is 2. The molecule has 1 atom stereocenters. The molecule has 0 fully saturated rings. The molecule has 2 amide bonds. The van der Waals surface area contributed by atoms with E-state index in [1.165, 1.54) is 64.5 Å². The highest BCUT2D eigenvalue weighted by atomic mass is 19.4. The highest BCUT2D eigenvalue weighted by molar-refractivity contribution is 5.91. The predicted octanol–water partition coefficient (Wildman–Crippen LogP) is 4.84. The van der Waals surface area contributed by atoms with E-state index in [-0.39, 0.29) is 16.8 Å². The summed E-state index contributed by atoms with van der Waals surface area (Å²) < 4.78 is 57.6. The average molecular weight is 550 g/mol. The van der Waals surface area contributed by atoms with Crippen LogP contribution >= 0.6 is 0 Å². The number of ether oxygens (including phenoxy) is 1. The Balaban J connectivity index is 1.41. The number of halogens is 4. The van der Waals surface area contributed by atoms with E-state index >= 15 is 0 Å². The standard InChI is InChI=1S/C27H18F4N6O3/c28-20-4-1-3-18(13-20)23-10-12-34-37(23)26(39)35-21-8-6-19(16-40-25(38)27(29,30)31)17(14-21)7-9-22-15-32-24-5-2-11-33-36(22)24/h1-6,8,11-15,23H,10,16H2,(H,35,39)/t23-/m0/s1. The lowest BCUT2D eigenvalue weighted by atomic mass is 10.0. The number of nitrogens with zero attached hydrogens (tertiary/aromatic N) is 5. The van der Waals surface area contributed by atoms with Crippen LogP contribution in [0.5, 0.6) is 0 Å². The summed E-state index contributed by atoms with van der Waals surface area (Å²) in [5.74, 6) is 2.90. The van der Waals surface area contributed by atoms with Crippen molar-refractivity contribution in [1.82, 2.24) is 19.6 Å². The summed E-state index contributed by atoms with van der Waals surface area (Å²) in [5, 5.41) is 12.1. The number of urea groups is 1. The first kappa shape index (κ1) is 26.4. The van der Waals surface area contributed by atoms with Gasteiger partial charge in [-0.25, -0.2) is 28.5 Å². The summed E-state index contributed by atoms with van der Waals surface area (Å²) in [4.78, 5) is 28.5. The first-order chi connectivity index (χ1) is 19.2. The third-order valence-corrected chi connectivity index (χ3v) is 5.83. The number of rotatable bonds is 4. The van der Waals surface area contributed by atoms with Gasteiger partial charge in [0.25, 0.3) is 0 Å². The van der Waals surface area contributed by atoms with Crippen molar-refractivity contribution in [2.75, 3.05) is 5.32 Å². The van der Waals surface area contributed by atoms with Crippen LogP contribution < -0.4 is 5.32 Å². The molecule has 202 valence electrons. The quantitative estimate of drug-likeness (QED) is 0.223. The first-order valence-electron chi connectivity index (χ1n) is 11.7. The van der Waals surface area contributed by atoms with Gasteiger partial charge in [0.15, 0.2) is 5.65 Å². The second-order valence-corrected chi connectivity index (χ2v) is 8.51. The lowest BCUT2D eigenvalue weighted by Gasteiger charge is -2.22. The van der Waals surface area contributed by atoms with Gasteiger partial charge in [-0.2, -0.15) is 23.4 Å². The summed E-state index contributed by atoms with van der Waals surface area (Å²) >= 11 is 0. The molecule has 0 bridgehead atoms. The van der Waals surface area contributed by atoms with Gasteiger partial charge in [0.1, 0.15) is 18.1 Å². The van der Waals surface area contributed by atoms with E-state index in [1.807, 2.05) is 0 Å². The molecule has 0 saturated carbocycles. The number of benzene rings is 2. The number of nitrogens with one attached hydrogen (secondary N) is 1. The monoisotopic (exact) mass is 550 g/mol. The number of alkyl halides is 3. The molecule has 40 heavy (non-hydrogen) atoms. The Bertz CT molecular complexity index is 1690. The molecule has 0 radical (unpaired) electrons. The van der Waals surface area contributed by atoms with Crippen molar-refractivity contribution in [3.05, 3.63) is 95.2 Å². The molecule has 2 aromatic carbocycles. The Kier molecular flexibility index (Phi) is 7.15. The van der Waals surface area contributed by atoms with Crippen molar-refractivity contribution >= 4 is 29.5 Å². The van der Waals surface area contributed by atoms with E-state index in [2.05, 4.69) is 37.1 Å². The van der Waals surface area contributed by atoms with Crippen LogP contribution in [0.15, 0.2) is 72.1 Å². The third-order valence-electron chi connectivity index (χ3n) is 5.83. The van der Waals surface area contributed by atoms with E-state index in [9.17, 15) is 27.2 Å². The van der Waals surface area contributed by atoms with Crippen LogP contribution in [0, 0.1) is 17.7 Å². The molecule has 1 N–H and O–H groups in total. The van der Waals surface area contributed by atoms with Crippen LogP contribution in [0.3, 0.4) is 0 Å². The van der Waals surface area contributed by atoms with Crippen LogP contribution in [0.25, 0.3) is 5.65 Å². The highest BCUT2D eigenvalue weighted by Crippen LogP contribution is 2.29. The summed E-state index contributed by atoms with van der Waals surface area (Å²) in [6, 6.07) is 12.3. The van der Waals surface area contributed by atoms with E-state index in [1.54, 1.807) is 18.2 Å². The maximum atomic E-state index is 13.7. The third kappa shape index (κ3) is 5.75. The van der Waals surface area contributed by atoms with Gasteiger partial charge in [0.05, 0.1) is 12.2 Å². The Labute approximate surface area is 224 Å². The first-order valence-corrected chi connectivity index (χ1v) is 11.7. The molecule has 5 rings (SSSR count). The van der Waals surface area contributed by atoms with E-state index in [0.29, 0.717) is 23.3 Å². The van der Waals surface area contributed by atoms with Gasteiger partial charge in [0.2, 0.25) is 0 Å². The van der Waals surface area contributed by atoms with E-state index in [4.69, 9.17) is 0 Å². The van der Waals surface area contributed by atoms with Crippen molar-refractivity contribution in [3.8, 4) is 11.8 Å². The number of anilines is 1. The van der Waals surface area contributed by atoms with Crippen LogP contribution in [-0.2, 0) is 16.1 Å². The van der Waals surface area contributed by atoms with Crippen LogP contribution in [0.1, 0.15) is 34.8 Å². The number of aromatic nitrogens is 3. The number of fused-ring (bicyclic) bond motifs is 1. The van der Waals surface area contributed by atoms with E-state index in [0.717, 1.165) is 0 Å². The van der Waals surface area contributed by atoms with Crippen LogP contribution in [-0.4, -0.2) is 44.0 Å². The van der Waals surface area contributed by atoms with Gasteiger partial charge >= 0.3 is 18.2 Å². The average Bonchev–Trinajstić information content (AvgIpc) is 3.58. The van der Waals surface area contributed by atoms with Gasteiger partial charge in [-0.1, -0.05) is 24.1 Å². The van der Waals surface area contributed by atoms with E-state index < -0.39 is 36.6 Å². The van der Waals surface area contributed by atoms with Gasteiger partial charge in [0, 0.05) is 35.6 Å². The second kappa shape index (κ2) is 10.9. The number of carbonyl (C=O) groups excluding carboxylic acids is 2. The largest absolute Gasteiger partial charge is 0.490 e. The summed E-state index contributed by atoms with van der Waals surface area (Å²) in [6.07, 6.45) is -0.229. The maximum absolute atomic E-state index is 13.7. The Morgan fingerprint density at radius 2 is 1.95 bits per heavy atom. The smallest absolute Gasteiger partial charge is 0.454 e. The zero-order valence-corrected chi connectivity index (χ0v) is 20.4. The zero-order valence-electron chi connectivity index (χ0n) is 20.4. The maximum Gasteiger partial charge on any atom is 0.490 e. The summed E-state index contributed by atoms with van der Waals surface area (Å²) in [6.45, 7) is -0.708. The Morgan fingerprint density at radius 1 is 1.10 bits per heavy atom. The fourth-order valence-electron chi connectivity index (χ4n) is 3.95. The molecule has 0 unspecified atom stereocenters. The zero-order chi connectivity index (χ0) is 28.3. The van der Waals surface area contributed by atoms with Crippen LogP contribution in [0.2, 0.25) is 0 Å². The van der Waals surface area contributed by atoms with Crippen molar-refractivity contribution < 1.29 is 31.9 Å². The molecular formula is C27H18F4N6O3. The minimum atomic E-state index is -5.16. The van der Waals surface area contributed by atoms with Gasteiger partial charge < -0.3 is 10.1 Å². The molecule has 9 nitrogen and oxygen atoms in total. The summed E-state index contributed by atoms with van der Waals surface area (Å²) in [5.41, 5.74) is 2.09. The number of hydrazone groups is 1. The number of esters is 1. The molecular weight excluding hydrogens is 532 g/mol. The van der Waals surface area contributed by atoms with Crippen molar-refractivity contribution in [1.29, 1.82) is 0 Å². The fourth-order valence-corrected chi connectivity index (χ4v) is 3.95. The van der Waals surface area contributed by atoms with Gasteiger partial charge in [-0.3, -0.25) is 0 Å². The van der Waals surface area contributed by atoms with Crippen molar-refractivity contribution in [2.24, 2.45) is 5.10 Å². The predicted molar refractivity (Wildman–Crippen MR) is 134 cm³/mol. The topological polar surface area (TPSA) is 101 Å². The molecule has 1 aliphatic heterocycles. The second-order valence-electron chi connectivity index (χ2n) is 8.51. The lowest BCUT2D eigenvalue weighted by Crippen LogP contribution is -2.31. The molecule has 0 saturated heterocycles.